The highest BCUT2D eigenvalue weighted by molar-refractivity contribution is 6.10. The first kappa shape index (κ1) is 16.6. The van der Waals surface area contributed by atoms with Gasteiger partial charge in [-0.15, -0.1) is 0 Å². The number of carboxylic acid groups (broad SMARTS) is 1. The predicted octanol–water partition coefficient (Wildman–Crippen LogP) is 2.31. The number of fused-ring (bicyclic) bond motifs is 5. The largest absolute Gasteiger partial charge is 0.480 e. The highest BCUT2D eigenvalue weighted by atomic mass is 16.4. The molecular formula is C19H21N3O4. The molecule has 2 atom stereocenters. The molecule has 0 bridgehead atoms. The number of nitrogens with zero attached hydrogens (tertiary/aromatic N) is 2. The van der Waals surface area contributed by atoms with Crippen molar-refractivity contribution in [2.24, 2.45) is 5.92 Å². The molecule has 4 rings (SSSR count). The zero-order valence-electron chi connectivity index (χ0n) is 14.9. The van der Waals surface area contributed by atoms with Crippen molar-refractivity contribution in [1.29, 1.82) is 0 Å². The van der Waals surface area contributed by atoms with Crippen LogP contribution in [-0.4, -0.2) is 50.4 Å². The minimum Gasteiger partial charge on any atom is -0.480 e. The van der Waals surface area contributed by atoms with Crippen molar-refractivity contribution in [3.63, 3.8) is 0 Å². The Morgan fingerprint density at radius 3 is 2.62 bits per heavy atom. The Morgan fingerprint density at radius 1 is 1.27 bits per heavy atom. The van der Waals surface area contributed by atoms with E-state index >= 15 is 0 Å². The molecule has 1 aromatic heterocycles. The fourth-order valence-electron chi connectivity index (χ4n) is 4.36. The number of urea groups is 1. The molecule has 2 aliphatic rings. The number of hydrogen-bond donors (Lipinski definition) is 2. The van der Waals surface area contributed by atoms with E-state index in [1.807, 2.05) is 24.3 Å². The second-order valence-electron chi connectivity index (χ2n) is 7.48. The van der Waals surface area contributed by atoms with Crippen LogP contribution in [-0.2, 0) is 21.5 Å². The lowest BCUT2D eigenvalue weighted by atomic mass is 9.86. The van der Waals surface area contributed by atoms with Gasteiger partial charge in [0.05, 0.1) is 5.69 Å². The zero-order chi connectivity index (χ0) is 18.8. The number of amides is 3. The Kier molecular flexibility index (Phi) is 3.41. The van der Waals surface area contributed by atoms with Crippen molar-refractivity contribution in [2.75, 3.05) is 6.54 Å². The van der Waals surface area contributed by atoms with Gasteiger partial charge in [0.2, 0.25) is 0 Å². The third-order valence-corrected chi connectivity index (χ3v) is 5.66. The number of aromatic amines is 1. The van der Waals surface area contributed by atoms with Crippen molar-refractivity contribution in [3.8, 4) is 0 Å². The monoisotopic (exact) mass is 355 g/mol. The topological polar surface area (TPSA) is 93.7 Å². The van der Waals surface area contributed by atoms with Crippen LogP contribution in [0.4, 0.5) is 4.79 Å². The van der Waals surface area contributed by atoms with E-state index in [1.54, 1.807) is 20.8 Å². The van der Waals surface area contributed by atoms with Gasteiger partial charge in [-0.25, -0.2) is 14.5 Å². The van der Waals surface area contributed by atoms with Crippen LogP contribution < -0.4 is 0 Å². The highest BCUT2D eigenvalue weighted by Crippen LogP contribution is 2.44. The molecule has 0 aliphatic carbocycles. The van der Waals surface area contributed by atoms with Gasteiger partial charge in [-0.05, 0) is 30.9 Å². The Labute approximate surface area is 150 Å². The van der Waals surface area contributed by atoms with Gasteiger partial charge in [0.15, 0.2) is 5.54 Å². The van der Waals surface area contributed by atoms with E-state index in [4.69, 9.17) is 0 Å². The minimum atomic E-state index is -1.20. The van der Waals surface area contributed by atoms with E-state index in [0.717, 1.165) is 21.4 Å². The predicted molar refractivity (Wildman–Crippen MR) is 94.6 cm³/mol. The van der Waals surface area contributed by atoms with Crippen LogP contribution in [0.2, 0.25) is 0 Å². The summed E-state index contributed by atoms with van der Waals surface area (Å²) in [4.78, 5) is 43.8. The van der Waals surface area contributed by atoms with Gasteiger partial charge in [-0.3, -0.25) is 4.79 Å². The Bertz CT molecular complexity index is 947. The number of hydrogen-bond acceptors (Lipinski definition) is 3. The number of aliphatic carboxylic acids is 1. The first-order chi connectivity index (χ1) is 12.3. The van der Waals surface area contributed by atoms with E-state index in [9.17, 15) is 19.5 Å². The van der Waals surface area contributed by atoms with E-state index < -0.39 is 29.5 Å². The SMILES string of the molecule is CC(C)C(C(=O)O)N1C(=O)N2CCc3c([nH]c4ccccc34)C2(C)C1=O. The molecule has 2 aliphatic heterocycles. The Balaban J connectivity index is 1.89. The fraction of sp³-hybridized carbons (Fsp3) is 0.421. The minimum absolute atomic E-state index is 0.382. The van der Waals surface area contributed by atoms with Crippen LogP contribution in [0.1, 0.15) is 32.0 Å². The number of carbonyl (C=O) groups excluding carboxylic acids is 2. The van der Waals surface area contributed by atoms with Gasteiger partial charge >= 0.3 is 12.0 Å². The highest BCUT2D eigenvalue weighted by Gasteiger charge is 2.61. The third kappa shape index (κ3) is 1.91. The molecule has 7 nitrogen and oxygen atoms in total. The number of imide groups is 1. The van der Waals surface area contributed by atoms with Crippen LogP contribution in [0, 0.1) is 5.92 Å². The van der Waals surface area contributed by atoms with Crippen molar-refractivity contribution in [1.82, 2.24) is 14.8 Å². The molecule has 2 unspecified atom stereocenters. The van der Waals surface area contributed by atoms with Gasteiger partial charge in [0, 0.05) is 17.4 Å². The van der Waals surface area contributed by atoms with Gasteiger partial charge in [-0.1, -0.05) is 32.0 Å². The lowest BCUT2D eigenvalue weighted by molar-refractivity contribution is -0.149. The summed E-state index contributed by atoms with van der Waals surface area (Å²) in [5.41, 5.74) is 1.43. The number of carbonyl (C=O) groups is 3. The maximum Gasteiger partial charge on any atom is 0.328 e. The molecule has 1 aromatic carbocycles. The van der Waals surface area contributed by atoms with Crippen LogP contribution in [0.25, 0.3) is 10.9 Å². The second-order valence-corrected chi connectivity index (χ2v) is 7.48. The van der Waals surface area contributed by atoms with Crippen molar-refractivity contribution >= 4 is 28.8 Å². The Hall–Kier alpha value is -2.83. The molecule has 1 fully saturated rings. The lowest BCUT2D eigenvalue weighted by Crippen LogP contribution is -2.50. The molecule has 1 saturated heterocycles. The summed E-state index contributed by atoms with van der Waals surface area (Å²) >= 11 is 0. The smallest absolute Gasteiger partial charge is 0.328 e. The molecule has 0 radical (unpaired) electrons. The number of rotatable bonds is 3. The summed E-state index contributed by atoms with van der Waals surface area (Å²) in [6.45, 7) is 5.50. The van der Waals surface area contributed by atoms with Gasteiger partial charge in [0.25, 0.3) is 5.91 Å². The van der Waals surface area contributed by atoms with Crippen LogP contribution in [0.5, 0.6) is 0 Å². The number of H-pyrrole nitrogens is 1. The van der Waals surface area contributed by atoms with E-state index in [2.05, 4.69) is 4.98 Å². The first-order valence-electron chi connectivity index (χ1n) is 8.76. The number of aromatic nitrogens is 1. The number of carboxylic acids is 1. The van der Waals surface area contributed by atoms with Gasteiger partial charge in [0.1, 0.15) is 6.04 Å². The van der Waals surface area contributed by atoms with E-state index in [0.29, 0.717) is 18.7 Å². The molecule has 26 heavy (non-hydrogen) atoms. The van der Waals surface area contributed by atoms with E-state index in [1.165, 1.54) is 4.90 Å². The second kappa shape index (κ2) is 5.33. The average Bonchev–Trinajstić information content (AvgIpc) is 3.05. The molecule has 2 N–H and O–H groups in total. The maximum atomic E-state index is 13.3. The van der Waals surface area contributed by atoms with E-state index in [-0.39, 0.29) is 5.92 Å². The normalized spacial score (nSPS) is 23.5. The number of benzene rings is 1. The van der Waals surface area contributed by atoms with Crippen molar-refractivity contribution in [2.45, 2.75) is 38.8 Å². The van der Waals surface area contributed by atoms with Crippen molar-refractivity contribution < 1.29 is 19.5 Å². The van der Waals surface area contributed by atoms with Crippen LogP contribution >= 0.6 is 0 Å². The molecule has 0 saturated carbocycles. The summed E-state index contributed by atoms with van der Waals surface area (Å²) < 4.78 is 0. The van der Waals surface area contributed by atoms with Crippen LogP contribution in [0.15, 0.2) is 24.3 Å². The quantitative estimate of drug-likeness (QED) is 0.826. The standard InChI is InChI=1S/C19H21N3O4/c1-10(2)14(16(23)24)22-17(25)19(3)15-12(8-9-21(19)18(22)26)11-6-4-5-7-13(11)20-15/h4-7,10,14,20H,8-9H2,1-3H3,(H,23,24). The van der Waals surface area contributed by atoms with Crippen LogP contribution in [0.3, 0.4) is 0 Å². The summed E-state index contributed by atoms with van der Waals surface area (Å²) in [6.07, 6.45) is 0.626. The molecule has 3 heterocycles. The van der Waals surface area contributed by atoms with Gasteiger partial charge in [-0.2, -0.15) is 0 Å². The zero-order valence-corrected chi connectivity index (χ0v) is 14.9. The average molecular weight is 355 g/mol. The molecule has 3 amide bonds. The molecular weight excluding hydrogens is 334 g/mol. The number of nitrogens with one attached hydrogen (secondary N) is 1. The summed E-state index contributed by atoms with van der Waals surface area (Å²) in [5.74, 6) is -2.02. The Morgan fingerprint density at radius 2 is 1.96 bits per heavy atom. The summed E-state index contributed by atoms with van der Waals surface area (Å²) in [7, 11) is 0. The molecule has 136 valence electrons. The summed E-state index contributed by atoms with van der Waals surface area (Å²) in [6, 6.07) is 6.09. The summed E-state index contributed by atoms with van der Waals surface area (Å²) in [5, 5.41) is 10.6. The maximum absolute atomic E-state index is 13.3. The number of para-hydroxylation sites is 1. The lowest BCUT2D eigenvalue weighted by Gasteiger charge is -2.36. The third-order valence-electron chi connectivity index (χ3n) is 5.66. The first-order valence-corrected chi connectivity index (χ1v) is 8.76. The fourth-order valence-corrected chi connectivity index (χ4v) is 4.36. The van der Waals surface area contributed by atoms with Gasteiger partial charge < -0.3 is 15.0 Å². The molecule has 0 spiro atoms. The molecule has 7 heteroatoms. The van der Waals surface area contributed by atoms with Crippen molar-refractivity contribution in [3.05, 3.63) is 35.5 Å². The molecule has 2 aromatic rings.